The number of hydrogen-bond acceptors (Lipinski definition) is 1. The molecule has 0 atom stereocenters. The van der Waals surface area contributed by atoms with Gasteiger partial charge in [0, 0.05) is 11.8 Å². The minimum Gasteiger partial charge on any atom is -0.311 e. The molecular formula is C21H27NO. The van der Waals surface area contributed by atoms with Crippen molar-refractivity contribution in [2.45, 2.75) is 53.0 Å². The van der Waals surface area contributed by atoms with E-state index in [0.29, 0.717) is 6.54 Å². The highest BCUT2D eigenvalue weighted by Crippen LogP contribution is 2.21. The van der Waals surface area contributed by atoms with Crippen LogP contribution in [-0.2, 0) is 6.54 Å². The Morgan fingerprint density at radius 3 is 2.48 bits per heavy atom. The highest BCUT2D eigenvalue weighted by atomic mass is 16.1. The molecular weight excluding hydrogens is 282 g/mol. The second kappa shape index (κ2) is 8.52. The van der Waals surface area contributed by atoms with E-state index in [0.717, 1.165) is 42.4 Å². The molecule has 2 nitrogen and oxygen atoms in total. The number of aromatic nitrogens is 1. The molecule has 0 aliphatic heterocycles. The summed E-state index contributed by atoms with van der Waals surface area (Å²) >= 11 is 0. The molecule has 0 unspecified atom stereocenters. The van der Waals surface area contributed by atoms with E-state index in [1.165, 1.54) is 5.57 Å². The van der Waals surface area contributed by atoms with Gasteiger partial charge < -0.3 is 4.57 Å². The fourth-order valence-electron chi connectivity index (χ4n) is 2.88. The van der Waals surface area contributed by atoms with Gasteiger partial charge in [0.1, 0.15) is 0 Å². The first kappa shape index (κ1) is 17.3. The third-order valence-corrected chi connectivity index (χ3v) is 4.09. The first-order chi connectivity index (χ1) is 11.2. The Morgan fingerprint density at radius 1 is 1.09 bits per heavy atom. The van der Waals surface area contributed by atoms with Gasteiger partial charge in [-0.1, -0.05) is 63.1 Å². The molecule has 1 heterocycles. The van der Waals surface area contributed by atoms with Crippen molar-refractivity contribution in [1.82, 2.24) is 4.57 Å². The predicted octanol–water partition coefficient (Wildman–Crippen LogP) is 5.19. The van der Waals surface area contributed by atoms with Crippen molar-refractivity contribution in [1.29, 1.82) is 0 Å². The van der Waals surface area contributed by atoms with Gasteiger partial charge in [-0.3, -0.25) is 4.79 Å². The van der Waals surface area contributed by atoms with Gasteiger partial charge in [-0.15, -0.1) is 0 Å². The van der Waals surface area contributed by atoms with Crippen LogP contribution in [0.4, 0.5) is 0 Å². The fourth-order valence-corrected chi connectivity index (χ4v) is 2.88. The van der Waals surface area contributed by atoms with E-state index in [1.54, 1.807) is 0 Å². The van der Waals surface area contributed by atoms with Crippen LogP contribution in [0.3, 0.4) is 0 Å². The first-order valence-electron chi connectivity index (χ1n) is 8.60. The third-order valence-electron chi connectivity index (χ3n) is 4.09. The van der Waals surface area contributed by atoms with Gasteiger partial charge in [0.2, 0.25) is 0 Å². The Balaban J connectivity index is 2.43. The minimum absolute atomic E-state index is 0.129. The molecule has 0 saturated carbocycles. The first-order valence-corrected chi connectivity index (χ1v) is 8.60. The summed E-state index contributed by atoms with van der Waals surface area (Å²) in [5, 5.41) is 0. The second-order valence-electron chi connectivity index (χ2n) is 6.06. The lowest BCUT2D eigenvalue weighted by atomic mass is 9.97. The lowest BCUT2D eigenvalue weighted by Crippen LogP contribution is -2.24. The van der Waals surface area contributed by atoms with Gasteiger partial charge in [0.15, 0.2) is 0 Å². The Hall–Kier alpha value is -2.09. The van der Waals surface area contributed by atoms with E-state index >= 15 is 0 Å². The van der Waals surface area contributed by atoms with Gasteiger partial charge >= 0.3 is 0 Å². The van der Waals surface area contributed by atoms with Crippen LogP contribution in [-0.4, -0.2) is 4.57 Å². The Labute approximate surface area is 139 Å². The molecule has 122 valence electrons. The molecule has 0 saturated heterocycles. The summed E-state index contributed by atoms with van der Waals surface area (Å²) in [6.45, 7) is 7.01. The topological polar surface area (TPSA) is 22.0 Å². The largest absolute Gasteiger partial charge is 0.311 e. The van der Waals surface area contributed by atoms with E-state index in [2.05, 4.69) is 38.1 Å². The molecule has 0 radical (unpaired) electrons. The fraction of sp³-hybridized carbons (Fsp3) is 0.381. The smallest absolute Gasteiger partial charge is 0.258 e. The number of unbranched alkanes of at least 4 members (excludes halogenated alkanes) is 1. The second-order valence-corrected chi connectivity index (χ2v) is 6.06. The Kier molecular flexibility index (Phi) is 6.40. The summed E-state index contributed by atoms with van der Waals surface area (Å²) in [6, 6.07) is 12.2. The SMILES string of the molecule is CCC/C=C(\CCC)c1c(C)ccn(Cc2ccccc2)c1=O. The number of benzene rings is 1. The molecule has 23 heavy (non-hydrogen) atoms. The van der Waals surface area contributed by atoms with Gasteiger partial charge in [0.05, 0.1) is 6.54 Å². The highest BCUT2D eigenvalue weighted by Gasteiger charge is 2.12. The summed E-state index contributed by atoms with van der Waals surface area (Å²) < 4.78 is 1.83. The highest BCUT2D eigenvalue weighted by molar-refractivity contribution is 5.67. The van der Waals surface area contributed by atoms with Crippen molar-refractivity contribution in [3.8, 4) is 0 Å². The average molecular weight is 309 g/mol. The zero-order valence-electron chi connectivity index (χ0n) is 14.5. The van der Waals surface area contributed by atoms with Gasteiger partial charge in [0.25, 0.3) is 5.56 Å². The van der Waals surface area contributed by atoms with Gasteiger partial charge in [-0.25, -0.2) is 0 Å². The van der Waals surface area contributed by atoms with Crippen molar-refractivity contribution < 1.29 is 0 Å². The van der Waals surface area contributed by atoms with E-state index in [9.17, 15) is 4.79 Å². The zero-order valence-corrected chi connectivity index (χ0v) is 14.5. The lowest BCUT2D eigenvalue weighted by molar-refractivity contribution is 0.752. The molecule has 0 spiro atoms. The van der Waals surface area contributed by atoms with Crippen molar-refractivity contribution in [3.05, 3.63) is 75.7 Å². The molecule has 1 aromatic carbocycles. The number of pyridine rings is 1. The molecule has 2 aromatic rings. The van der Waals surface area contributed by atoms with Crippen LogP contribution in [0.25, 0.3) is 5.57 Å². The summed E-state index contributed by atoms with van der Waals surface area (Å²) in [5.74, 6) is 0. The van der Waals surface area contributed by atoms with E-state index in [4.69, 9.17) is 0 Å². The molecule has 0 aliphatic carbocycles. The van der Waals surface area contributed by atoms with Crippen molar-refractivity contribution in [2.24, 2.45) is 0 Å². The van der Waals surface area contributed by atoms with E-state index < -0.39 is 0 Å². The average Bonchev–Trinajstić information content (AvgIpc) is 2.56. The lowest BCUT2D eigenvalue weighted by Gasteiger charge is -2.14. The standard InChI is InChI=1S/C21H27NO/c1-4-6-13-19(10-5-2)20-17(3)14-15-22(21(20)23)16-18-11-8-7-9-12-18/h7-9,11-15H,4-6,10,16H2,1-3H3/b19-13+. The van der Waals surface area contributed by atoms with Gasteiger partial charge in [-0.05, 0) is 42.5 Å². The predicted molar refractivity (Wildman–Crippen MR) is 98.8 cm³/mol. The van der Waals surface area contributed by atoms with Gasteiger partial charge in [-0.2, -0.15) is 0 Å². The Bertz CT molecular complexity index is 710. The monoisotopic (exact) mass is 309 g/mol. The maximum absolute atomic E-state index is 13.0. The maximum atomic E-state index is 13.0. The molecule has 0 N–H and O–H groups in total. The Morgan fingerprint density at radius 2 is 1.83 bits per heavy atom. The summed E-state index contributed by atoms with van der Waals surface area (Å²) in [4.78, 5) is 13.0. The normalized spacial score (nSPS) is 11.7. The molecule has 2 heteroatoms. The third kappa shape index (κ3) is 4.44. The van der Waals surface area contributed by atoms with Crippen LogP contribution in [0.5, 0.6) is 0 Å². The number of allylic oxidation sites excluding steroid dienone is 2. The van der Waals surface area contributed by atoms with Crippen molar-refractivity contribution in [3.63, 3.8) is 0 Å². The molecule has 0 aliphatic rings. The van der Waals surface area contributed by atoms with E-state index in [-0.39, 0.29) is 5.56 Å². The van der Waals surface area contributed by atoms with E-state index in [1.807, 2.05) is 35.9 Å². The number of rotatable bonds is 7. The maximum Gasteiger partial charge on any atom is 0.258 e. The summed E-state index contributed by atoms with van der Waals surface area (Å²) in [7, 11) is 0. The minimum atomic E-state index is 0.129. The van der Waals surface area contributed by atoms with Crippen molar-refractivity contribution in [2.75, 3.05) is 0 Å². The van der Waals surface area contributed by atoms with Crippen LogP contribution in [0, 0.1) is 6.92 Å². The molecule has 0 bridgehead atoms. The molecule has 1 aromatic heterocycles. The summed E-state index contributed by atoms with van der Waals surface area (Å²) in [5.41, 5.74) is 4.47. The number of nitrogens with zero attached hydrogens (tertiary/aromatic N) is 1. The van der Waals surface area contributed by atoms with Crippen LogP contribution in [0.15, 0.2) is 53.5 Å². The molecule has 0 amide bonds. The summed E-state index contributed by atoms with van der Waals surface area (Å²) in [6.07, 6.45) is 8.32. The quantitative estimate of drug-likeness (QED) is 0.690. The number of aryl methyl sites for hydroxylation is 1. The molecule has 2 rings (SSSR count). The van der Waals surface area contributed by atoms with Crippen LogP contribution >= 0.6 is 0 Å². The van der Waals surface area contributed by atoms with Crippen LogP contribution in [0.2, 0.25) is 0 Å². The van der Waals surface area contributed by atoms with Crippen molar-refractivity contribution >= 4 is 5.57 Å². The van der Waals surface area contributed by atoms with Crippen LogP contribution in [0.1, 0.15) is 56.2 Å². The van der Waals surface area contributed by atoms with Crippen LogP contribution < -0.4 is 5.56 Å². The number of hydrogen-bond donors (Lipinski definition) is 0. The molecule has 0 fully saturated rings. The zero-order chi connectivity index (χ0) is 16.7.